The summed E-state index contributed by atoms with van der Waals surface area (Å²) in [6, 6.07) is 22.5. The van der Waals surface area contributed by atoms with Crippen LogP contribution in [0.3, 0.4) is 0 Å². The second-order valence-electron chi connectivity index (χ2n) is 9.02. The number of aromatic nitrogens is 1. The number of carbonyl (C=O) groups excluding carboxylic acids is 1. The Hall–Kier alpha value is -4.41. The highest BCUT2D eigenvalue weighted by Gasteiger charge is 2.18. The smallest absolute Gasteiger partial charge is 0.273 e. The molecule has 0 saturated heterocycles. The van der Waals surface area contributed by atoms with E-state index in [1.54, 1.807) is 18.2 Å². The highest BCUT2D eigenvalue weighted by molar-refractivity contribution is 7.07. The van der Waals surface area contributed by atoms with Crippen molar-refractivity contribution in [3.05, 3.63) is 109 Å². The van der Waals surface area contributed by atoms with Gasteiger partial charge in [0.1, 0.15) is 16.5 Å². The molecule has 0 aliphatic carbocycles. The monoisotopic (exact) mass is 523 g/mol. The third-order valence-electron chi connectivity index (χ3n) is 6.10. The fraction of sp³-hybridized carbons (Fsp3) is 0.194. The molecule has 0 fully saturated rings. The molecule has 0 bridgehead atoms. The highest BCUT2D eigenvalue weighted by atomic mass is 32.1. The molecule has 0 saturated carbocycles. The number of thiazole rings is 1. The Morgan fingerprint density at radius 3 is 2.47 bits per heavy atom. The molecule has 192 valence electrons. The Morgan fingerprint density at radius 2 is 1.79 bits per heavy atom. The summed E-state index contributed by atoms with van der Waals surface area (Å²) in [5.74, 6) is 0.0939. The van der Waals surface area contributed by atoms with Crippen molar-refractivity contribution in [3.63, 3.8) is 0 Å². The number of hydrogen-bond donors (Lipinski definition) is 1. The Labute approximate surface area is 225 Å². The van der Waals surface area contributed by atoms with Gasteiger partial charge in [0.15, 0.2) is 5.57 Å². The lowest BCUT2D eigenvalue weighted by atomic mass is 10.1. The lowest BCUT2D eigenvalue weighted by molar-refractivity contribution is -0.111. The van der Waals surface area contributed by atoms with Gasteiger partial charge in [0.05, 0.1) is 16.8 Å². The van der Waals surface area contributed by atoms with E-state index in [-0.39, 0.29) is 15.8 Å². The number of anilines is 1. The van der Waals surface area contributed by atoms with Crippen LogP contribution < -0.4 is 24.8 Å². The Kier molecular flexibility index (Phi) is 8.25. The van der Waals surface area contributed by atoms with Gasteiger partial charge in [0, 0.05) is 11.3 Å². The van der Waals surface area contributed by atoms with Crippen molar-refractivity contribution in [2.75, 3.05) is 11.9 Å². The number of amides is 1. The van der Waals surface area contributed by atoms with E-state index >= 15 is 0 Å². The summed E-state index contributed by atoms with van der Waals surface area (Å²) in [6.07, 6.45) is 2.61. The van der Waals surface area contributed by atoms with E-state index in [9.17, 15) is 14.9 Å². The molecule has 0 atom stereocenters. The van der Waals surface area contributed by atoms with Crippen LogP contribution >= 0.6 is 11.3 Å². The average Bonchev–Trinajstić information content (AvgIpc) is 3.22. The fourth-order valence-electron chi connectivity index (χ4n) is 3.86. The number of carbonyl (C=O) groups is 1. The maximum atomic E-state index is 13.8. The molecule has 1 heterocycles. The quantitative estimate of drug-likeness (QED) is 0.379. The number of nitrogens with one attached hydrogen (secondary N) is 1. The van der Waals surface area contributed by atoms with Crippen LogP contribution in [0.4, 0.5) is 5.69 Å². The molecule has 0 radical (unpaired) electrons. The van der Waals surface area contributed by atoms with Crippen LogP contribution in [0.5, 0.6) is 5.75 Å². The summed E-state index contributed by atoms with van der Waals surface area (Å²) in [5, 5.41) is 12.9. The molecular formula is C31H29N3O3S. The zero-order valence-corrected chi connectivity index (χ0v) is 22.7. The molecule has 0 aliphatic heterocycles. The Bertz CT molecular complexity index is 1710. The molecule has 1 aromatic heterocycles. The van der Waals surface area contributed by atoms with E-state index in [0.29, 0.717) is 28.3 Å². The number of rotatable bonds is 7. The van der Waals surface area contributed by atoms with E-state index in [0.717, 1.165) is 40.0 Å². The van der Waals surface area contributed by atoms with Gasteiger partial charge in [0.2, 0.25) is 0 Å². The minimum Gasteiger partial charge on any atom is -0.493 e. The van der Waals surface area contributed by atoms with Crippen molar-refractivity contribution in [1.29, 1.82) is 5.26 Å². The molecule has 0 unspecified atom stereocenters. The SMILES string of the molecule is CCCOc1ccccc1/C=c1/s/c(=C(/C#N)C(=O)Nc2ccc(C)cc2)n(-c2ccc(C)c(C)c2)c1=O. The number of hydrogen-bond acceptors (Lipinski definition) is 5. The zero-order chi connectivity index (χ0) is 27.2. The van der Waals surface area contributed by atoms with E-state index in [2.05, 4.69) is 5.32 Å². The molecule has 0 aliphatic rings. The van der Waals surface area contributed by atoms with E-state index < -0.39 is 5.91 Å². The zero-order valence-electron chi connectivity index (χ0n) is 21.9. The minimum absolute atomic E-state index is 0.138. The third kappa shape index (κ3) is 5.77. The van der Waals surface area contributed by atoms with E-state index in [1.807, 2.05) is 88.4 Å². The van der Waals surface area contributed by atoms with Crippen molar-refractivity contribution in [1.82, 2.24) is 4.57 Å². The molecule has 6 nitrogen and oxygen atoms in total. The molecule has 1 amide bonds. The second kappa shape index (κ2) is 11.8. The van der Waals surface area contributed by atoms with Crippen LogP contribution in [0.1, 0.15) is 35.6 Å². The summed E-state index contributed by atoms with van der Waals surface area (Å²) in [7, 11) is 0. The van der Waals surface area contributed by atoms with Gasteiger partial charge in [-0.25, -0.2) is 0 Å². The van der Waals surface area contributed by atoms with Crippen molar-refractivity contribution < 1.29 is 9.53 Å². The number of para-hydroxylation sites is 1. The Morgan fingerprint density at radius 1 is 1.05 bits per heavy atom. The van der Waals surface area contributed by atoms with Gasteiger partial charge >= 0.3 is 0 Å². The van der Waals surface area contributed by atoms with Crippen molar-refractivity contribution in [2.24, 2.45) is 0 Å². The van der Waals surface area contributed by atoms with Gasteiger partial charge in [-0.15, -0.1) is 11.3 Å². The molecule has 38 heavy (non-hydrogen) atoms. The van der Waals surface area contributed by atoms with Crippen LogP contribution in [-0.2, 0) is 4.79 Å². The lowest BCUT2D eigenvalue weighted by Gasteiger charge is -2.08. The van der Waals surface area contributed by atoms with E-state index in [1.165, 1.54) is 4.57 Å². The molecule has 0 spiro atoms. The first kappa shape index (κ1) is 26.6. The topological polar surface area (TPSA) is 84.1 Å². The Balaban J connectivity index is 1.96. The van der Waals surface area contributed by atoms with E-state index in [4.69, 9.17) is 4.74 Å². The van der Waals surface area contributed by atoms with Crippen LogP contribution in [0, 0.1) is 32.1 Å². The normalized spacial score (nSPS) is 12.1. The molecule has 4 aromatic rings. The van der Waals surface area contributed by atoms with Gasteiger partial charge in [-0.3, -0.25) is 14.2 Å². The lowest BCUT2D eigenvalue weighted by Crippen LogP contribution is -2.32. The largest absolute Gasteiger partial charge is 0.493 e. The first-order valence-corrected chi connectivity index (χ1v) is 13.2. The summed E-state index contributed by atoms with van der Waals surface area (Å²) >= 11 is 1.11. The highest BCUT2D eigenvalue weighted by Crippen LogP contribution is 2.19. The molecule has 4 rings (SSSR count). The first-order valence-electron chi connectivity index (χ1n) is 12.4. The van der Waals surface area contributed by atoms with Gasteiger partial charge in [-0.2, -0.15) is 5.26 Å². The third-order valence-corrected chi connectivity index (χ3v) is 7.19. The standard InChI is InChI=1S/C31H29N3O3S/c1-5-16-37-27-9-7-6-8-23(27)18-28-30(36)34(25-15-12-21(3)22(4)17-25)31(38-28)26(19-32)29(35)33-24-13-10-20(2)11-14-24/h6-15,17-18H,5,16H2,1-4H3,(H,33,35)/b28-18+,31-26-. The second-order valence-corrected chi connectivity index (χ2v) is 10.0. The van der Waals surface area contributed by atoms with Gasteiger partial charge < -0.3 is 10.1 Å². The van der Waals surface area contributed by atoms with Crippen LogP contribution in [0.2, 0.25) is 0 Å². The molecule has 3 aromatic carbocycles. The van der Waals surface area contributed by atoms with Crippen LogP contribution in [0.25, 0.3) is 17.3 Å². The predicted octanol–water partition coefficient (Wildman–Crippen LogP) is 4.75. The van der Waals surface area contributed by atoms with Crippen molar-refractivity contribution >= 4 is 34.6 Å². The van der Waals surface area contributed by atoms with Crippen molar-refractivity contribution in [3.8, 4) is 17.5 Å². The predicted molar refractivity (Wildman–Crippen MR) is 153 cm³/mol. The molecular weight excluding hydrogens is 494 g/mol. The number of aryl methyl sites for hydroxylation is 3. The number of benzene rings is 3. The number of nitrogens with zero attached hydrogens (tertiary/aromatic N) is 2. The molecule has 1 N–H and O–H groups in total. The maximum Gasteiger partial charge on any atom is 0.273 e. The summed E-state index contributed by atoms with van der Waals surface area (Å²) in [4.78, 5) is 27.1. The summed E-state index contributed by atoms with van der Waals surface area (Å²) < 4.78 is 7.98. The summed E-state index contributed by atoms with van der Waals surface area (Å²) in [5.41, 5.74) is 4.59. The molecule has 7 heteroatoms. The van der Waals surface area contributed by atoms with Crippen LogP contribution in [0.15, 0.2) is 71.5 Å². The van der Waals surface area contributed by atoms with Crippen LogP contribution in [-0.4, -0.2) is 17.1 Å². The van der Waals surface area contributed by atoms with Gasteiger partial charge in [-0.1, -0.05) is 48.9 Å². The first-order chi connectivity index (χ1) is 18.3. The number of ether oxygens (including phenoxy) is 1. The van der Waals surface area contributed by atoms with Gasteiger partial charge in [0.25, 0.3) is 11.5 Å². The maximum absolute atomic E-state index is 13.8. The summed E-state index contributed by atoms with van der Waals surface area (Å²) in [6.45, 7) is 8.49. The number of nitriles is 1. The van der Waals surface area contributed by atoms with Gasteiger partial charge in [-0.05, 0) is 74.7 Å². The fourth-order valence-corrected chi connectivity index (χ4v) is 4.95. The minimum atomic E-state index is -0.576. The average molecular weight is 524 g/mol. The van der Waals surface area contributed by atoms with Crippen molar-refractivity contribution in [2.45, 2.75) is 34.1 Å².